The molecular weight excluding hydrogens is 295 g/mol. The van der Waals surface area contributed by atoms with Gasteiger partial charge in [-0.3, -0.25) is 4.79 Å². The van der Waals surface area contributed by atoms with Crippen LogP contribution in [0.25, 0.3) is 10.9 Å². The lowest BCUT2D eigenvalue weighted by Crippen LogP contribution is -2.14. The third-order valence-electron chi connectivity index (χ3n) is 3.58. The Bertz CT molecular complexity index is 720. The first kappa shape index (κ1) is 16.5. The number of halogens is 3. The van der Waals surface area contributed by atoms with Gasteiger partial charge in [-0.05, 0) is 38.0 Å². The normalized spacial score (nSPS) is 12.0. The number of hydrogen-bond donors (Lipinski definition) is 0. The molecule has 0 saturated heterocycles. The Morgan fingerprint density at radius 1 is 1.23 bits per heavy atom. The molecule has 3 nitrogen and oxygen atoms in total. The Kier molecular flexibility index (Phi) is 4.90. The summed E-state index contributed by atoms with van der Waals surface area (Å²) in [6, 6.07) is 3.27. The molecule has 0 amide bonds. The summed E-state index contributed by atoms with van der Waals surface area (Å²) in [6.07, 6.45) is -1.22. The molecule has 1 heterocycles. The van der Waals surface area contributed by atoms with E-state index in [4.69, 9.17) is 4.74 Å². The molecule has 0 aliphatic heterocycles. The first-order chi connectivity index (χ1) is 10.3. The standard InChI is InChI=1S/C16H18F3NO2/c1-11-10-20(7-3-4-8-22-2)14-9-12(16(17,18)19)5-6-13(14)15(11)21/h5-6,9-10H,3-4,7-8H2,1-2H3. The molecule has 0 N–H and O–H groups in total. The predicted molar refractivity (Wildman–Crippen MR) is 79.1 cm³/mol. The van der Waals surface area contributed by atoms with Gasteiger partial charge >= 0.3 is 6.18 Å². The van der Waals surface area contributed by atoms with Crippen molar-refractivity contribution >= 4 is 10.9 Å². The average molecular weight is 313 g/mol. The highest BCUT2D eigenvalue weighted by Crippen LogP contribution is 2.31. The molecule has 2 rings (SSSR count). The molecule has 120 valence electrons. The number of aromatic nitrogens is 1. The summed E-state index contributed by atoms with van der Waals surface area (Å²) in [4.78, 5) is 12.1. The third-order valence-corrected chi connectivity index (χ3v) is 3.58. The highest BCUT2D eigenvalue weighted by atomic mass is 19.4. The molecule has 0 atom stereocenters. The zero-order valence-electron chi connectivity index (χ0n) is 12.5. The quantitative estimate of drug-likeness (QED) is 0.787. The first-order valence-corrected chi connectivity index (χ1v) is 7.04. The van der Waals surface area contributed by atoms with Crippen molar-refractivity contribution < 1.29 is 17.9 Å². The number of alkyl halides is 3. The SMILES string of the molecule is COCCCCn1cc(C)c(=O)c2ccc(C(F)(F)F)cc21. The van der Waals surface area contributed by atoms with Crippen LogP contribution >= 0.6 is 0 Å². The lowest BCUT2D eigenvalue weighted by atomic mass is 10.1. The molecule has 0 radical (unpaired) electrons. The molecule has 0 saturated carbocycles. The Balaban J connectivity index is 2.48. The predicted octanol–water partition coefficient (Wildman–Crippen LogP) is 3.76. The smallest absolute Gasteiger partial charge is 0.385 e. The number of methoxy groups -OCH3 is 1. The lowest BCUT2D eigenvalue weighted by Gasteiger charge is -2.14. The number of benzene rings is 1. The van der Waals surface area contributed by atoms with Crippen molar-refractivity contribution in [1.29, 1.82) is 0 Å². The van der Waals surface area contributed by atoms with Crippen molar-refractivity contribution in [2.24, 2.45) is 0 Å². The average Bonchev–Trinajstić information content (AvgIpc) is 2.47. The molecule has 0 spiro atoms. The monoisotopic (exact) mass is 313 g/mol. The highest BCUT2D eigenvalue weighted by Gasteiger charge is 2.30. The Labute approximate surface area is 126 Å². The lowest BCUT2D eigenvalue weighted by molar-refractivity contribution is -0.137. The number of rotatable bonds is 5. The van der Waals surface area contributed by atoms with Gasteiger partial charge in [0.1, 0.15) is 0 Å². The summed E-state index contributed by atoms with van der Waals surface area (Å²) in [5.74, 6) is 0. The van der Waals surface area contributed by atoms with Crippen molar-refractivity contribution in [3.8, 4) is 0 Å². The summed E-state index contributed by atoms with van der Waals surface area (Å²) in [5.41, 5.74) is -0.118. The van der Waals surface area contributed by atoms with E-state index in [-0.39, 0.29) is 5.43 Å². The number of aryl methyl sites for hydroxylation is 2. The van der Waals surface area contributed by atoms with Crippen molar-refractivity contribution in [3.63, 3.8) is 0 Å². The maximum Gasteiger partial charge on any atom is 0.416 e. The van der Waals surface area contributed by atoms with Gasteiger partial charge in [0.2, 0.25) is 0 Å². The van der Waals surface area contributed by atoms with Crippen LogP contribution in [0.3, 0.4) is 0 Å². The fourth-order valence-corrected chi connectivity index (χ4v) is 2.43. The van der Waals surface area contributed by atoms with E-state index in [1.165, 1.54) is 6.07 Å². The first-order valence-electron chi connectivity index (χ1n) is 7.04. The van der Waals surface area contributed by atoms with Crippen LogP contribution in [0.5, 0.6) is 0 Å². The number of unbranched alkanes of at least 4 members (excludes halogenated alkanes) is 1. The van der Waals surface area contributed by atoms with Gasteiger partial charge in [-0.1, -0.05) is 0 Å². The van der Waals surface area contributed by atoms with Crippen LogP contribution in [-0.4, -0.2) is 18.3 Å². The van der Waals surface area contributed by atoms with E-state index < -0.39 is 11.7 Å². The Morgan fingerprint density at radius 3 is 2.59 bits per heavy atom. The van der Waals surface area contributed by atoms with Gasteiger partial charge < -0.3 is 9.30 Å². The van der Waals surface area contributed by atoms with Gasteiger partial charge in [-0.15, -0.1) is 0 Å². The molecule has 2 aromatic rings. The molecule has 0 unspecified atom stereocenters. The number of hydrogen-bond acceptors (Lipinski definition) is 2. The van der Waals surface area contributed by atoms with Crippen molar-refractivity contribution in [2.75, 3.05) is 13.7 Å². The summed E-state index contributed by atoms with van der Waals surface area (Å²) >= 11 is 0. The molecule has 0 aliphatic rings. The minimum Gasteiger partial charge on any atom is -0.385 e. The van der Waals surface area contributed by atoms with Gasteiger partial charge in [0, 0.05) is 37.4 Å². The van der Waals surface area contributed by atoms with Gasteiger partial charge in [0.15, 0.2) is 5.43 Å². The van der Waals surface area contributed by atoms with E-state index in [1.54, 1.807) is 24.8 Å². The van der Waals surface area contributed by atoms with Crippen LogP contribution in [0.15, 0.2) is 29.2 Å². The molecule has 1 aromatic heterocycles. The van der Waals surface area contributed by atoms with Crippen LogP contribution in [0.1, 0.15) is 24.0 Å². The maximum atomic E-state index is 12.9. The van der Waals surface area contributed by atoms with Crippen LogP contribution in [0.2, 0.25) is 0 Å². The van der Waals surface area contributed by atoms with Crippen LogP contribution < -0.4 is 5.43 Å². The minimum absolute atomic E-state index is 0.225. The largest absolute Gasteiger partial charge is 0.416 e. The number of fused-ring (bicyclic) bond motifs is 1. The molecule has 6 heteroatoms. The summed E-state index contributed by atoms with van der Waals surface area (Å²) < 4.78 is 45.3. The number of nitrogens with zero attached hydrogens (tertiary/aromatic N) is 1. The van der Waals surface area contributed by atoms with Gasteiger partial charge in [-0.25, -0.2) is 0 Å². The number of ether oxygens (including phenoxy) is 1. The minimum atomic E-state index is -4.42. The summed E-state index contributed by atoms with van der Waals surface area (Å²) in [5, 5.41) is 0.319. The van der Waals surface area contributed by atoms with E-state index in [0.717, 1.165) is 25.0 Å². The second-order valence-electron chi connectivity index (χ2n) is 5.26. The van der Waals surface area contributed by atoms with Crippen LogP contribution in [0.4, 0.5) is 13.2 Å². The fraction of sp³-hybridized carbons (Fsp3) is 0.438. The molecule has 0 aliphatic carbocycles. The molecule has 22 heavy (non-hydrogen) atoms. The van der Waals surface area contributed by atoms with Gasteiger partial charge in [-0.2, -0.15) is 13.2 Å². The van der Waals surface area contributed by atoms with Crippen LogP contribution in [-0.2, 0) is 17.5 Å². The summed E-state index contributed by atoms with van der Waals surface area (Å²) in [7, 11) is 1.61. The topological polar surface area (TPSA) is 31.2 Å². The van der Waals surface area contributed by atoms with E-state index in [0.29, 0.717) is 29.6 Å². The van der Waals surface area contributed by atoms with Crippen molar-refractivity contribution in [3.05, 3.63) is 45.7 Å². The maximum absolute atomic E-state index is 12.9. The Morgan fingerprint density at radius 2 is 1.95 bits per heavy atom. The summed E-state index contributed by atoms with van der Waals surface area (Å²) in [6.45, 7) is 2.82. The zero-order valence-corrected chi connectivity index (χ0v) is 12.5. The van der Waals surface area contributed by atoms with E-state index in [2.05, 4.69) is 0 Å². The third kappa shape index (κ3) is 3.50. The molecule has 0 bridgehead atoms. The molecule has 0 fully saturated rings. The zero-order chi connectivity index (χ0) is 16.3. The molecular formula is C16H18F3NO2. The Hall–Kier alpha value is -1.82. The van der Waals surface area contributed by atoms with Crippen molar-refractivity contribution in [2.45, 2.75) is 32.5 Å². The van der Waals surface area contributed by atoms with Crippen LogP contribution in [0, 0.1) is 6.92 Å². The van der Waals surface area contributed by atoms with E-state index in [1.807, 2.05) is 0 Å². The van der Waals surface area contributed by atoms with E-state index >= 15 is 0 Å². The molecule has 1 aromatic carbocycles. The highest BCUT2D eigenvalue weighted by molar-refractivity contribution is 5.80. The van der Waals surface area contributed by atoms with Gasteiger partial charge in [0.05, 0.1) is 11.1 Å². The van der Waals surface area contributed by atoms with Crippen molar-refractivity contribution in [1.82, 2.24) is 4.57 Å². The fourth-order valence-electron chi connectivity index (χ4n) is 2.43. The second kappa shape index (κ2) is 6.52. The van der Waals surface area contributed by atoms with Gasteiger partial charge in [0.25, 0.3) is 0 Å². The second-order valence-corrected chi connectivity index (χ2v) is 5.26. The van der Waals surface area contributed by atoms with E-state index in [9.17, 15) is 18.0 Å². The number of pyridine rings is 1.